The van der Waals surface area contributed by atoms with E-state index in [1.54, 1.807) is 7.11 Å². The lowest BCUT2D eigenvalue weighted by Gasteiger charge is -2.36. The first kappa shape index (κ1) is 17.6. The molecule has 1 aromatic carbocycles. The fourth-order valence-corrected chi connectivity index (χ4v) is 4.77. The molecule has 22 heavy (non-hydrogen) atoms. The third-order valence-electron chi connectivity index (χ3n) is 4.69. The third-order valence-corrected chi connectivity index (χ3v) is 6.19. The number of thioether (sulfide) groups is 1. The molecule has 122 valence electrons. The first-order valence-electron chi connectivity index (χ1n) is 8.05. The second-order valence-electron chi connectivity index (χ2n) is 6.17. The third kappa shape index (κ3) is 4.15. The van der Waals surface area contributed by atoms with Gasteiger partial charge in [0.2, 0.25) is 0 Å². The number of hydrogen-bond donors (Lipinski definition) is 0. The van der Waals surface area contributed by atoms with Crippen LogP contribution in [-0.2, 0) is 9.47 Å². The van der Waals surface area contributed by atoms with E-state index in [9.17, 15) is 0 Å². The molecule has 0 saturated heterocycles. The zero-order valence-corrected chi connectivity index (χ0v) is 14.8. The van der Waals surface area contributed by atoms with Crippen molar-refractivity contribution in [2.75, 3.05) is 14.2 Å². The molecule has 0 spiro atoms. The molecule has 0 heterocycles. The van der Waals surface area contributed by atoms with E-state index in [0.717, 1.165) is 19.3 Å². The Kier molecular flexibility index (Phi) is 6.54. The number of benzene rings is 1. The number of methoxy groups -OCH3 is 2. The quantitative estimate of drug-likeness (QED) is 0.628. The zero-order chi connectivity index (χ0) is 16.0. The summed E-state index contributed by atoms with van der Waals surface area (Å²) in [6.07, 6.45) is 7.49. The van der Waals surface area contributed by atoms with Gasteiger partial charge in [-0.25, -0.2) is 0 Å². The Morgan fingerprint density at radius 3 is 2.68 bits per heavy atom. The van der Waals surface area contributed by atoms with Crippen LogP contribution < -0.4 is 0 Å². The molecule has 2 rings (SSSR count). The summed E-state index contributed by atoms with van der Waals surface area (Å²) in [6.45, 7) is 5.97. The largest absolute Gasteiger partial charge is 0.381 e. The molecule has 1 aliphatic carbocycles. The maximum atomic E-state index is 6.05. The van der Waals surface area contributed by atoms with E-state index in [2.05, 4.69) is 37.8 Å². The molecule has 1 saturated carbocycles. The van der Waals surface area contributed by atoms with E-state index in [1.165, 1.54) is 23.3 Å². The standard InChI is InChI=1S/C19H28O2S/c1-5-7-16(20-3)14-19(21-4)13-6-8-18(19)22-17-11-9-15(2)10-12-17/h5,9-12,16,18H,1,6-8,13-14H2,2-4H3/t16?,18-,19-/m0/s1. The number of hydrogen-bond acceptors (Lipinski definition) is 3. The first-order chi connectivity index (χ1) is 10.6. The van der Waals surface area contributed by atoms with Crippen molar-refractivity contribution in [3.05, 3.63) is 42.5 Å². The van der Waals surface area contributed by atoms with E-state index in [-0.39, 0.29) is 11.7 Å². The van der Waals surface area contributed by atoms with Gasteiger partial charge in [0.15, 0.2) is 0 Å². The summed E-state index contributed by atoms with van der Waals surface area (Å²) in [6, 6.07) is 8.80. The average Bonchev–Trinajstić information content (AvgIpc) is 2.92. The van der Waals surface area contributed by atoms with E-state index < -0.39 is 0 Å². The fraction of sp³-hybridized carbons (Fsp3) is 0.579. The summed E-state index contributed by atoms with van der Waals surface area (Å²) < 4.78 is 11.7. The van der Waals surface area contributed by atoms with Gasteiger partial charge in [-0.1, -0.05) is 23.8 Å². The summed E-state index contributed by atoms with van der Waals surface area (Å²) in [7, 11) is 3.64. The predicted octanol–water partition coefficient (Wildman–Crippen LogP) is 5.01. The topological polar surface area (TPSA) is 18.5 Å². The molecular formula is C19H28O2S. The Morgan fingerprint density at radius 2 is 2.09 bits per heavy atom. The maximum absolute atomic E-state index is 6.05. The van der Waals surface area contributed by atoms with Crippen LogP contribution in [-0.4, -0.2) is 31.2 Å². The van der Waals surface area contributed by atoms with Gasteiger partial charge >= 0.3 is 0 Å². The van der Waals surface area contributed by atoms with Gasteiger partial charge in [-0.05, 0) is 44.7 Å². The van der Waals surface area contributed by atoms with Crippen LogP contribution >= 0.6 is 11.8 Å². The minimum absolute atomic E-state index is 0.0841. The summed E-state index contributed by atoms with van der Waals surface area (Å²) in [5, 5.41) is 0.489. The SMILES string of the molecule is C=CCC(C[C@@]1(OC)CCC[C@@H]1Sc1ccc(C)cc1)OC. The molecule has 1 unspecified atom stereocenters. The van der Waals surface area contributed by atoms with Gasteiger partial charge in [-0.2, -0.15) is 0 Å². The monoisotopic (exact) mass is 320 g/mol. The number of ether oxygens (including phenoxy) is 2. The smallest absolute Gasteiger partial charge is 0.0825 e. The van der Waals surface area contributed by atoms with E-state index in [1.807, 2.05) is 24.9 Å². The fourth-order valence-electron chi connectivity index (χ4n) is 3.34. The summed E-state index contributed by atoms with van der Waals surface area (Å²) in [4.78, 5) is 1.33. The lowest BCUT2D eigenvalue weighted by atomic mass is 9.92. The van der Waals surface area contributed by atoms with Gasteiger partial charge in [-0.3, -0.25) is 0 Å². The van der Waals surface area contributed by atoms with E-state index >= 15 is 0 Å². The molecule has 0 radical (unpaired) electrons. The molecule has 1 fully saturated rings. The predicted molar refractivity (Wildman–Crippen MR) is 94.6 cm³/mol. The van der Waals surface area contributed by atoms with Gasteiger partial charge in [-0.15, -0.1) is 18.3 Å². The highest BCUT2D eigenvalue weighted by molar-refractivity contribution is 8.00. The molecule has 1 aliphatic rings. The van der Waals surface area contributed by atoms with Crippen LogP contribution in [0.5, 0.6) is 0 Å². The molecule has 0 N–H and O–H groups in total. The van der Waals surface area contributed by atoms with E-state index in [4.69, 9.17) is 9.47 Å². The van der Waals surface area contributed by atoms with Gasteiger partial charge in [0.1, 0.15) is 0 Å². The lowest BCUT2D eigenvalue weighted by molar-refractivity contribution is -0.0469. The highest BCUT2D eigenvalue weighted by Gasteiger charge is 2.45. The Labute approximate surface area is 139 Å². The van der Waals surface area contributed by atoms with Crippen molar-refractivity contribution < 1.29 is 9.47 Å². The van der Waals surface area contributed by atoms with Crippen molar-refractivity contribution in [2.24, 2.45) is 0 Å². The Bertz CT molecular complexity index is 471. The number of rotatable bonds is 8. The molecular weight excluding hydrogens is 292 g/mol. The minimum atomic E-state index is -0.0841. The molecule has 0 amide bonds. The van der Waals surface area contributed by atoms with Crippen LogP contribution in [0.1, 0.15) is 37.7 Å². The summed E-state index contributed by atoms with van der Waals surface area (Å²) in [5.74, 6) is 0. The van der Waals surface area contributed by atoms with E-state index in [0.29, 0.717) is 5.25 Å². The minimum Gasteiger partial charge on any atom is -0.381 e. The van der Waals surface area contributed by atoms with Crippen LogP contribution in [0.25, 0.3) is 0 Å². The Balaban J connectivity index is 2.11. The van der Waals surface area contributed by atoms with Crippen LogP contribution in [0.4, 0.5) is 0 Å². The van der Waals surface area contributed by atoms with Gasteiger partial charge in [0.25, 0.3) is 0 Å². The van der Waals surface area contributed by atoms with Crippen molar-refractivity contribution in [3.8, 4) is 0 Å². The molecule has 2 nitrogen and oxygen atoms in total. The van der Waals surface area contributed by atoms with Crippen LogP contribution in [0, 0.1) is 6.92 Å². The average molecular weight is 320 g/mol. The van der Waals surface area contributed by atoms with Crippen LogP contribution in [0.3, 0.4) is 0 Å². The van der Waals surface area contributed by atoms with Crippen LogP contribution in [0.15, 0.2) is 41.8 Å². The van der Waals surface area contributed by atoms with Crippen molar-refractivity contribution in [1.29, 1.82) is 0 Å². The zero-order valence-electron chi connectivity index (χ0n) is 14.0. The molecule has 0 aliphatic heterocycles. The summed E-state index contributed by atoms with van der Waals surface area (Å²) >= 11 is 1.96. The molecule has 3 heteroatoms. The molecule has 0 bridgehead atoms. The summed E-state index contributed by atoms with van der Waals surface area (Å²) in [5.41, 5.74) is 1.22. The normalized spacial score (nSPS) is 26.0. The lowest BCUT2D eigenvalue weighted by Crippen LogP contribution is -2.41. The van der Waals surface area contributed by atoms with Crippen molar-refractivity contribution in [1.82, 2.24) is 0 Å². The second kappa shape index (κ2) is 8.19. The first-order valence-corrected chi connectivity index (χ1v) is 8.93. The van der Waals surface area contributed by atoms with Gasteiger partial charge in [0, 0.05) is 30.8 Å². The highest BCUT2D eigenvalue weighted by Crippen LogP contribution is 2.46. The van der Waals surface area contributed by atoms with Gasteiger partial charge in [0.05, 0.1) is 11.7 Å². The molecule has 1 aromatic rings. The van der Waals surface area contributed by atoms with Gasteiger partial charge < -0.3 is 9.47 Å². The van der Waals surface area contributed by atoms with Crippen LogP contribution in [0.2, 0.25) is 0 Å². The second-order valence-corrected chi connectivity index (χ2v) is 7.44. The Hall–Kier alpha value is -0.770. The highest BCUT2D eigenvalue weighted by atomic mass is 32.2. The van der Waals surface area contributed by atoms with Crippen molar-refractivity contribution in [3.63, 3.8) is 0 Å². The Morgan fingerprint density at radius 1 is 1.36 bits per heavy atom. The molecule has 0 aromatic heterocycles. The van der Waals surface area contributed by atoms with Crippen molar-refractivity contribution in [2.45, 2.75) is 60.9 Å². The maximum Gasteiger partial charge on any atom is 0.0825 e. The number of aryl methyl sites for hydroxylation is 1. The van der Waals surface area contributed by atoms with Crippen molar-refractivity contribution >= 4 is 11.8 Å². The molecule has 3 atom stereocenters.